The maximum absolute atomic E-state index is 12.5. The summed E-state index contributed by atoms with van der Waals surface area (Å²) in [6.07, 6.45) is 4.49. The molecule has 2 aromatic heterocycles. The molecule has 1 N–H and O–H groups in total. The molecule has 10 heteroatoms. The molecule has 0 bridgehead atoms. The summed E-state index contributed by atoms with van der Waals surface area (Å²) in [6.45, 7) is 1.60. The smallest absolute Gasteiger partial charge is 0.410 e. The molecule has 0 aliphatic carbocycles. The van der Waals surface area contributed by atoms with Crippen molar-refractivity contribution in [1.29, 1.82) is 0 Å². The van der Waals surface area contributed by atoms with Crippen molar-refractivity contribution in [2.24, 2.45) is 0 Å². The van der Waals surface area contributed by atoms with E-state index in [-0.39, 0.29) is 18.7 Å². The van der Waals surface area contributed by atoms with E-state index in [2.05, 4.69) is 20.4 Å². The van der Waals surface area contributed by atoms with E-state index >= 15 is 0 Å². The topological polar surface area (TPSA) is 114 Å². The standard InChI is InChI=1S/C17H20N6O4/c1-22-10-17(26-16(22)25)5-3-7-23(11-17)15(24)19-9-13-20-14(21-27-13)12-4-2-6-18-8-12/h2,4,6,8H,3,5,7,9-11H2,1H3,(H,19,24)/t17-/m1/s1. The molecule has 4 rings (SSSR count). The van der Waals surface area contributed by atoms with Crippen molar-refractivity contribution < 1.29 is 18.8 Å². The van der Waals surface area contributed by atoms with Gasteiger partial charge in [-0.3, -0.25) is 4.98 Å². The summed E-state index contributed by atoms with van der Waals surface area (Å²) in [5.74, 6) is 0.728. The van der Waals surface area contributed by atoms with Crippen LogP contribution >= 0.6 is 0 Å². The third-order valence-electron chi connectivity index (χ3n) is 4.75. The maximum Gasteiger partial charge on any atom is 0.410 e. The van der Waals surface area contributed by atoms with Gasteiger partial charge in [0, 0.05) is 31.5 Å². The number of carbonyl (C=O) groups excluding carboxylic acids is 2. The Morgan fingerprint density at radius 2 is 2.30 bits per heavy atom. The number of urea groups is 1. The summed E-state index contributed by atoms with van der Waals surface area (Å²) < 4.78 is 10.7. The van der Waals surface area contributed by atoms with E-state index in [1.807, 2.05) is 6.07 Å². The molecule has 0 unspecified atom stereocenters. The molecule has 0 radical (unpaired) electrons. The van der Waals surface area contributed by atoms with Crippen molar-refractivity contribution in [3.63, 3.8) is 0 Å². The number of likely N-dealkylation sites (N-methyl/N-ethyl adjacent to an activating group) is 1. The number of piperidine rings is 1. The lowest BCUT2D eigenvalue weighted by Crippen LogP contribution is -2.54. The van der Waals surface area contributed by atoms with Crippen LogP contribution in [-0.4, -0.2) is 69.3 Å². The van der Waals surface area contributed by atoms with Gasteiger partial charge in [-0.2, -0.15) is 4.98 Å². The molecule has 3 amide bonds. The molecule has 0 aromatic carbocycles. The molecule has 4 heterocycles. The minimum atomic E-state index is -0.612. The van der Waals surface area contributed by atoms with E-state index in [0.717, 1.165) is 18.4 Å². The molecule has 2 aliphatic heterocycles. The zero-order valence-corrected chi connectivity index (χ0v) is 14.9. The van der Waals surface area contributed by atoms with E-state index in [9.17, 15) is 9.59 Å². The summed E-state index contributed by atoms with van der Waals surface area (Å²) in [4.78, 5) is 35.7. The number of ether oxygens (including phenoxy) is 1. The van der Waals surface area contributed by atoms with Crippen LogP contribution in [0.5, 0.6) is 0 Å². The Bertz CT molecular complexity index is 841. The molecule has 2 aromatic rings. The molecular formula is C17H20N6O4. The fourth-order valence-electron chi connectivity index (χ4n) is 3.48. The zero-order chi connectivity index (χ0) is 18.9. The van der Waals surface area contributed by atoms with Crippen LogP contribution < -0.4 is 5.32 Å². The number of rotatable bonds is 3. The Kier molecular flexibility index (Phi) is 4.38. The van der Waals surface area contributed by atoms with Crippen LogP contribution in [0.25, 0.3) is 11.4 Å². The Balaban J connectivity index is 1.34. The number of hydrogen-bond acceptors (Lipinski definition) is 7. The molecule has 1 spiro atoms. The highest BCUT2D eigenvalue weighted by Crippen LogP contribution is 2.31. The molecule has 2 aliphatic rings. The second-order valence-electron chi connectivity index (χ2n) is 6.84. The Morgan fingerprint density at radius 1 is 1.41 bits per heavy atom. The van der Waals surface area contributed by atoms with Crippen molar-refractivity contribution in [1.82, 2.24) is 30.2 Å². The van der Waals surface area contributed by atoms with Crippen LogP contribution in [0.15, 0.2) is 29.0 Å². The van der Waals surface area contributed by atoms with Crippen molar-refractivity contribution in [3.8, 4) is 11.4 Å². The first-order valence-electron chi connectivity index (χ1n) is 8.75. The highest BCUT2D eigenvalue weighted by atomic mass is 16.6. The summed E-state index contributed by atoms with van der Waals surface area (Å²) in [5, 5.41) is 6.68. The van der Waals surface area contributed by atoms with Crippen LogP contribution in [-0.2, 0) is 11.3 Å². The Morgan fingerprint density at radius 3 is 3.04 bits per heavy atom. The van der Waals surface area contributed by atoms with Gasteiger partial charge in [-0.1, -0.05) is 5.16 Å². The summed E-state index contributed by atoms with van der Waals surface area (Å²) in [7, 11) is 1.70. The maximum atomic E-state index is 12.5. The van der Waals surface area contributed by atoms with Gasteiger partial charge in [-0.05, 0) is 25.0 Å². The van der Waals surface area contributed by atoms with Crippen molar-refractivity contribution in [2.75, 3.05) is 26.7 Å². The molecule has 27 heavy (non-hydrogen) atoms. The predicted octanol–water partition coefficient (Wildman–Crippen LogP) is 1.26. The third-order valence-corrected chi connectivity index (χ3v) is 4.75. The second kappa shape index (κ2) is 6.86. The van der Waals surface area contributed by atoms with Crippen molar-refractivity contribution in [3.05, 3.63) is 30.4 Å². The van der Waals surface area contributed by atoms with Gasteiger partial charge >= 0.3 is 12.1 Å². The fourth-order valence-corrected chi connectivity index (χ4v) is 3.48. The largest absolute Gasteiger partial charge is 0.439 e. The highest BCUT2D eigenvalue weighted by molar-refractivity contribution is 5.75. The number of amides is 3. The lowest BCUT2D eigenvalue weighted by atomic mass is 9.93. The SMILES string of the molecule is CN1C[C@@]2(CCCN(C(=O)NCc3nc(-c4cccnc4)no3)C2)OC1=O. The third kappa shape index (κ3) is 3.55. The van der Waals surface area contributed by atoms with Crippen LogP contribution in [0, 0.1) is 0 Å². The van der Waals surface area contributed by atoms with Crippen molar-refractivity contribution in [2.45, 2.75) is 25.0 Å². The first-order valence-corrected chi connectivity index (χ1v) is 8.75. The number of aromatic nitrogens is 3. The minimum absolute atomic E-state index is 0.120. The number of likely N-dealkylation sites (tertiary alicyclic amines) is 1. The zero-order valence-electron chi connectivity index (χ0n) is 14.9. The number of nitrogens with one attached hydrogen (secondary N) is 1. The molecule has 0 saturated carbocycles. The lowest BCUT2D eigenvalue weighted by Gasteiger charge is -2.38. The number of hydrogen-bond donors (Lipinski definition) is 1. The van der Waals surface area contributed by atoms with Crippen LogP contribution in [0.1, 0.15) is 18.7 Å². The average Bonchev–Trinajstić information content (AvgIpc) is 3.25. The molecule has 10 nitrogen and oxygen atoms in total. The second-order valence-corrected chi connectivity index (χ2v) is 6.84. The normalized spacial score (nSPS) is 22.2. The predicted molar refractivity (Wildman–Crippen MR) is 92.4 cm³/mol. The van der Waals surface area contributed by atoms with Gasteiger partial charge in [0.2, 0.25) is 11.7 Å². The van der Waals surface area contributed by atoms with Gasteiger partial charge in [0.1, 0.15) is 5.60 Å². The lowest BCUT2D eigenvalue weighted by molar-refractivity contribution is 0.00311. The Hall–Kier alpha value is -3.17. The van der Waals surface area contributed by atoms with Crippen LogP contribution in [0.4, 0.5) is 9.59 Å². The summed E-state index contributed by atoms with van der Waals surface area (Å²) in [5.41, 5.74) is 0.128. The van der Waals surface area contributed by atoms with E-state index in [4.69, 9.17) is 9.26 Å². The highest BCUT2D eigenvalue weighted by Gasteiger charge is 2.47. The van der Waals surface area contributed by atoms with E-state index in [1.54, 1.807) is 35.3 Å². The Labute approximate surface area is 155 Å². The average molecular weight is 372 g/mol. The van der Waals surface area contributed by atoms with Crippen molar-refractivity contribution >= 4 is 12.1 Å². The van der Waals surface area contributed by atoms with Gasteiger partial charge in [0.05, 0.1) is 19.6 Å². The monoisotopic (exact) mass is 372 g/mol. The molecule has 2 saturated heterocycles. The van der Waals surface area contributed by atoms with Crippen LogP contribution in [0.3, 0.4) is 0 Å². The van der Waals surface area contributed by atoms with E-state index < -0.39 is 5.60 Å². The fraction of sp³-hybridized carbons (Fsp3) is 0.471. The number of pyridine rings is 1. The first-order chi connectivity index (χ1) is 13.0. The molecule has 2 fully saturated rings. The van der Waals surface area contributed by atoms with Gasteiger partial charge in [0.25, 0.3) is 0 Å². The van der Waals surface area contributed by atoms with E-state index in [0.29, 0.717) is 31.3 Å². The van der Waals surface area contributed by atoms with Gasteiger partial charge < -0.3 is 24.4 Å². The van der Waals surface area contributed by atoms with Gasteiger partial charge in [0.15, 0.2) is 0 Å². The summed E-state index contributed by atoms with van der Waals surface area (Å²) >= 11 is 0. The molecule has 142 valence electrons. The quantitative estimate of drug-likeness (QED) is 0.863. The minimum Gasteiger partial charge on any atom is -0.439 e. The van der Waals surface area contributed by atoms with Crippen LogP contribution in [0.2, 0.25) is 0 Å². The molecule has 1 atom stereocenters. The first kappa shape index (κ1) is 17.3. The van der Waals surface area contributed by atoms with E-state index in [1.165, 1.54) is 0 Å². The summed E-state index contributed by atoms with van der Waals surface area (Å²) in [6, 6.07) is 3.36. The number of nitrogens with zero attached hydrogens (tertiary/aromatic N) is 5. The number of carbonyl (C=O) groups is 2. The van der Waals surface area contributed by atoms with Gasteiger partial charge in [-0.25, -0.2) is 9.59 Å². The molecular weight excluding hydrogens is 352 g/mol. The van der Waals surface area contributed by atoms with Gasteiger partial charge in [-0.15, -0.1) is 0 Å².